The van der Waals surface area contributed by atoms with Crippen LogP contribution >= 0.6 is 11.8 Å². The number of carbonyl (C=O) groups is 1. The summed E-state index contributed by atoms with van der Waals surface area (Å²) in [6, 6.07) is 8.21. The molecule has 1 aromatic carbocycles. The molecule has 0 radical (unpaired) electrons. The zero-order valence-corrected chi connectivity index (χ0v) is 17.2. The van der Waals surface area contributed by atoms with Crippen molar-refractivity contribution in [3.63, 3.8) is 0 Å². The van der Waals surface area contributed by atoms with Gasteiger partial charge < -0.3 is 9.47 Å². The quantitative estimate of drug-likeness (QED) is 0.540. The van der Waals surface area contributed by atoms with E-state index in [1.54, 1.807) is 7.11 Å². The van der Waals surface area contributed by atoms with Crippen molar-refractivity contribution in [2.45, 2.75) is 56.0 Å². The maximum Gasteiger partial charge on any atom is 0.318 e. The number of nitrogens with zero attached hydrogens (tertiary/aromatic N) is 3. The highest BCUT2D eigenvalue weighted by atomic mass is 32.2. The molecule has 1 heterocycles. The summed E-state index contributed by atoms with van der Waals surface area (Å²) >= 11 is 1.41. The third kappa shape index (κ3) is 4.29. The van der Waals surface area contributed by atoms with Gasteiger partial charge in [-0.2, -0.15) is 0 Å². The number of hydrogen-bond donors (Lipinski definition) is 0. The van der Waals surface area contributed by atoms with E-state index in [0.717, 1.165) is 28.7 Å². The molecule has 0 saturated heterocycles. The van der Waals surface area contributed by atoms with E-state index in [0.29, 0.717) is 12.0 Å². The van der Waals surface area contributed by atoms with E-state index in [4.69, 9.17) is 9.47 Å². The van der Waals surface area contributed by atoms with Gasteiger partial charge in [-0.3, -0.25) is 9.36 Å². The molecule has 7 heteroatoms. The van der Waals surface area contributed by atoms with Crippen LogP contribution in [0.3, 0.4) is 0 Å². The predicted molar refractivity (Wildman–Crippen MR) is 106 cm³/mol. The number of carbonyl (C=O) groups excluding carboxylic acids is 1. The Morgan fingerprint density at radius 3 is 2.52 bits per heavy atom. The Bertz CT molecular complexity index is 775. The van der Waals surface area contributed by atoms with Gasteiger partial charge in [0, 0.05) is 11.6 Å². The molecule has 1 aromatic heterocycles. The molecule has 3 unspecified atom stereocenters. The minimum absolute atomic E-state index is 0.253. The highest BCUT2D eigenvalue weighted by Gasteiger charge is 2.30. The molecule has 3 atom stereocenters. The molecule has 0 amide bonds. The minimum Gasteiger partial charge on any atom is -0.497 e. The Balaban J connectivity index is 2.00. The molecular weight excluding hydrogens is 362 g/mol. The van der Waals surface area contributed by atoms with Crippen molar-refractivity contribution in [2.75, 3.05) is 14.2 Å². The van der Waals surface area contributed by atoms with Crippen LogP contribution in [0.15, 0.2) is 29.4 Å². The molecule has 0 aliphatic heterocycles. The lowest BCUT2D eigenvalue weighted by atomic mass is 9.85. The first-order valence-corrected chi connectivity index (χ1v) is 10.3. The number of esters is 1. The average molecular weight is 390 g/mol. The SMILES string of the molecule is COC(=O)C(C)Sc1nnc(-c2ccc(OC)cc2)n1C1CCCCC1C. The molecule has 146 valence electrons. The van der Waals surface area contributed by atoms with Crippen LogP contribution in [0, 0.1) is 5.92 Å². The molecule has 1 saturated carbocycles. The second kappa shape index (κ2) is 8.78. The average Bonchev–Trinajstić information content (AvgIpc) is 3.10. The fourth-order valence-corrected chi connectivity index (χ4v) is 4.58. The van der Waals surface area contributed by atoms with E-state index in [1.165, 1.54) is 38.1 Å². The molecule has 6 nitrogen and oxygen atoms in total. The van der Waals surface area contributed by atoms with Crippen molar-refractivity contribution < 1.29 is 14.3 Å². The Morgan fingerprint density at radius 2 is 1.89 bits per heavy atom. The van der Waals surface area contributed by atoms with Gasteiger partial charge in [-0.15, -0.1) is 10.2 Å². The Labute approximate surface area is 164 Å². The number of ether oxygens (including phenoxy) is 2. The van der Waals surface area contributed by atoms with E-state index in [9.17, 15) is 4.79 Å². The second-order valence-corrected chi connectivity index (χ2v) is 8.32. The summed E-state index contributed by atoms with van der Waals surface area (Å²) in [6.07, 6.45) is 4.76. The highest BCUT2D eigenvalue weighted by molar-refractivity contribution is 8.00. The summed E-state index contributed by atoms with van der Waals surface area (Å²) in [5.41, 5.74) is 0.999. The highest BCUT2D eigenvalue weighted by Crippen LogP contribution is 2.39. The van der Waals surface area contributed by atoms with E-state index in [1.807, 2.05) is 31.2 Å². The van der Waals surface area contributed by atoms with Crippen LogP contribution in [0.4, 0.5) is 0 Å². The number of rotatable bonds is 6. The third-order valence-corrected chi connectivity index (χ3v) is 6.26. The van der Waals surface area contributed by atoms with Crippen LogP contribution in [0.25, 0.3) is 11.4 Å². The summed E-state index contributed by atoms with van der Waals surface area (Å²) in [5.74, 6) is 1.94. The van der Waals surface area contributed by atoms with Gasteiger partial charge in [0.05, 0.1) is 14.2 Å². The number of thioether (sulfide) groups is 1. The van der Waals surface area contributed by atoms with E-state index in [-0.39, 0.29) is 11.2 Å². The lowest BCUT2D eigenvalue weighted by molar-refractivity contribution is -0.139. The van der Waals surface area contributed by atoms with Crippen molar-refractivity contribution in [3.8, 4) is 17.1 Å². The van der Waals surface area contributed by atoms with Crippen molar-refractivity contribution >= 4 is 17.7 Å². The Kier molecular flexibility index (Phi) is 6.42. The molecule has 27 heavy (non-hydrogen) atoms. The first-order valence-electron chi connectivity index (χ1n) is 9.39. The van der Waals surface area contributed by atoms with Gasteiger partial charge in [0.1, 0.15) is 11.0 Å². The van der Waals surface area contributed by atoms with Gasteiger partial charge in [0.25, 0.3) is 0 Å². The first-order chi connectivity index (χ1) is 13.0. The summed E-state index contributed by atoms with van der Waals surface area (Å²) in [4.78, 5) is 11.9. The van der Waals surface area contributed by atoms with Crippen molar-refractivity contribution in [3.05, 3.63) is 24.3 Å². The number of methoxy groups -OCH3 is 2. The molecule has 0 bridgehead atoms. The zero-order valence-electron chi connectivity index (χ0n) is 16.3. The minimum atomic E-state index is -0.333. The maximum atomic E-state index is 11.9. The topological polar surface area (TPSA) is 66.2 Å². The van der Waals surface area contributed by atoms with Crippen LogP contribution in [0.5, 0.6) is 5.75 Å². The third-order valence-electron chi connectivity index (χ3n) is 5.23. The lowest BCUT2D eigenvalue weighted by Gasteiger charge is -2.31. The second-order valence-electron chi connectivity index (χ2n) is 7.02. The van der Waals surface area contributed by atoms with Gasteiger partial charge in [-0.1, -0.05) is 31.5 Å². The fraction of sp³-hybridized carbons (Fsp3) is 0.550. The number of hydrogen-bond acceptors (Lipinski definition) is 6. The predicted octanol–water partition coefficient (Wildman–Crippen LogP) is 4.36. The molecule has 1 fully saturated rings. The lowest BCUT2D eigenvalue weighted by Crippen LogP contribution is -2.23. The summed E-state index contributed by atoms with van der Waals surface area (Å²) in [5, 5.41) is 9.37. The van der Waals surface area contributed by atoms with E-state index in [2.05, 4.69) is 21.7 Å². The van der Waals surface area contributed by atoms with Crippen molar-refractivity contribution in [2.24, 2.45) is 5.92 Å². The van der Waals surface area contributed by atoms with Crippen LogP contribution in [-0.2, 0) is 9.53 Å². The summed E-state index contributed by atoms with van der Waals surface area (Å²) in [6.45, 7) is 4.13. The van der Waals surface area contributed by atoms with Crippen LogP contribution in [0.1, 0.15) is 45.6 Å². The summed E-state index contributed by atoms with van der Waals surface area (Å²) < 4.78 is 12.4. The maximum absolute atomic E-state index is 11.9. The zero-order chi connectivity index (χ0) is 19.4. The Morgan fingerprint density at radius 1 is 1.19 bits per heavy atom. The monoisotopic (exact) mass is 389 g/mol. The van der Waals surface area contributed by atoms with Gasteiger partial charge in [0.2, 0.25) is 0 Å². The standard InChI is InChI=1S/C20H27N3O3S/c1-13-7-5-6-8-17(13)23-18(15-9-11-16(25-3)12-10-15)21-22-20(23)27-14(2)19(24)26-4/h9-14,17H,5-8H2,1-4H3. The molecule has 0 N–H and O–H groups in total. The number of aromatic nitrogens is 3. The molecule has 2 aromatic rings. The van der Waals surface area contributed by atoms with E-state index < -0.39 is 0 Å². The van der Waals surface area contributed by atoms with Gasteiger partial charge in [-0.05, 0) is 49.9 Å². The molecule has 1 aliphatic carbocycles. The van der Waals surface area contributed by atoms with Crippen LogP contribution in [0.2, 0.25) is 0 Å². The van der Waals surface area contributed by atoms with Gasteiger partial charge >= 0.3 is 5.97 Å². The first kappa shape index (κ1) is 19.7. The van der Waals surface area contributed by atoms with Gasteiger partial charge in [-0.25, -0.2) is 0 Å². The number of benzene rings is 1. The van der Waals surface area contributed by atoms with Gasteiger partial charge in [0.15, 0.2) is 11.0 Å². The van der Waals surface area contributed by atoms with Crippen molar-refractivity contribution in [1.82, 2.24) is 14.8 Å². The van der Waals surface area contributed by atoms with E-state index >= 15 is 0 Å². The molecule has 1 aliphatic rings. The van der Waals surface area contributed by atoms with Crippen molar-refractivity contribution in [1.29, 1.82) is 0 Å². The molecule has 3 rings (SSSR count). The Hall–Kier alpha value is -2.02. The molecule has 0 spiro atoms. The van der Waals surface area contributed by atoms with Crippen LogP contribution in [-0.4, -0.2) is 40.2 Å². The largest absolute Gasteiger partial charge is 0.497 e. The summed E-state index contributed by atoms with van der Waals surface area (Å²) in [7, 11) is 3.07. The smallest absolute Gasteiger partial charge is 0.318 e. The fourth-order valence-electron chi connectivity index (χ4n) is 3.65. The molecular formula is C20H27N3O3S. The normalized spacial score (nSPS) is 20.9. The van der Waals surface area contributed by atoms with Crippen LogP contribution < -0.4 is 4.74 Å².